The van der Waals surface area contributed by atoms with Crippen LogP contribution in [0.2, 0.25) is 0 Å². The number of hydrogen-bond donors (Lipinski definition) is 1. The van der Waals surface area contributed by atoms with E-state index in [1.54, 1.807) is 22.9 Å². The first-order chi connectivity index (χ1) is 9.16. The largest absolute Gasteiger partial charge is 0.394 e. The summed E-state index contributed by atoms with van der Waals surface area (Å²) in [4.78, 5) is 11.9. The van der Waals surface area contributed by atoms with Crippen LogP contribution >= 0.6 is 0 Å². The van der Waals surface area contributed by atoms with Crippen molar-refractivity contribution in [2.24, 2.45) is 7.05 Å². The molecule has 2 N–H and O–H groups in total. The molecule has 3 rings (SSSR count). The first-order valence-electron chi connectivity index (χ1n) is 6.02. The molecule has 19 heavy (non-hydrogen) atoms. The van der Waals surface area contributed by atoms with Gasteiger partial charge in [0.05, 0.1) is 23.4 Å². The van der Waals surface area contributed by atoms with E-state index in [1.165, 1.54) is 0 Å². The van der Waals surface area contributed by atoms with Gasteiger partial charge in [-0.15, -0.1) is 0 Å². The molecule has 0 bridgehead atoms. The van der Waals surface area contributed by atoms with Crippen LogP contribution in [0.25, 0.3) is 10.9 Å². The quantitative estimate of drug-likeness (QED) is 0.751. The summed E-state index contributed by atoms with van der Waals surface area (Å²) in [5.41, 5.74) is 7.62. The van der Waals surface area contributed by atoms with Crippen LogP contribution in [0.1, 0.15) is 5.69 Å². The number of anilines is 1. The number of nitrogens with zero attached hydrogens (tertiary/aromatic N) is 3. The number of nitrogens with two attached hydrogens (primary N) is 1. The zero-order valence-corrected chi connectivity index (χ0v) is 10.6. The van der Waals surface area contributed by atoms with Gasteiger partial charge in [-0.2, -0.15) is 5.10 Å². The number of pyridine rings is 1. The molecule has 0 unspecified atom stereocenters. The molecule has 3 aromatic rings. The van der Waals surface area contributed by atoms with E-state index in [4.69, 9.17) is 5.73 Å². The van der Waals surface area contributed by atoms with Crippen LogP contribution < -0.4 is 11.3 Å². The van der Waals surface area contributed by atoms with Crippen LogP contribution in [-0.2, 0) is 13.6 Å². The Morgan fingerprint density at radius 1 is 1.21 bits per heavy atom. The van der Waals surface area contributed by atoms with E-state index in [2.05, 4.69) is 5.10 Å². The third-order valence-electron chi connectivity index (χ3n) is 3.20. The summed E-state index contributed by atoms with van der Waals surface area (Å²) >= 11 is 0. The van der Waals surface area contributed by atoms with Gasteiger partial charge in [-0.05, 0) is 18.2 Å². The van der Waals surface area contributed by atoms with Gasteiger partial charge in [0.1, 0.15) is 0 Å². The molecular formula is C14H14N4O. The Morgan fingerprint density at radius 2 is 2.00 bits per heavy atom. The fourth-order valence-corrected chi connectivity index (χ4v) is 2.25. The Balaban J connectivity index is 2.11. The number of aryl methyl sites for hydroxylation is 1. The molecule has 0 radical (unpaired) electrons. The summed E-state index contributed by atoms with van der Waals surface area (Å²) in [6, 6.07) is 11.3. The van der Waals surface area contributed by atoms with Gasteiger partial charge in [-0.3, -0.25) is 9.48 Å². The molecule has 0 amide bonds. The summed E-state index contributed by atoms with van der Waals surface area (Å²) in [5.74, 6) is 0. The number of fused-ring (bicyclic) bond motifs is 1. The zero-order valence-electron chi connectivity index (χ0n) is 10.6. The lowest BCUT2D eigenvalue weighted by Gasteiger charge is -2.04. The number of rotatable bonds is 2. The highest BCUT2D eigenvalue weighted by Gasteiger charge is 2.09. The third kappa shape index (κ3) is 1.89. The predicted molar refractivity (Wildman–Crippen MR) is 74.9 cm³/mol. The number of nitrogen functional groups attached to an aromatic ring is 1. The van der Waals surface area contributed by atoms with Gasteiger partial charge < -0.3 is 10.3 Å². The first-order valence-corrected chi connectivity index (χ1v) is 6.02. The van der Waals surface area contributed by atoms with Crippen LogP contribution in [0, 0.1) is 0 Å². The van der Waals surface area contributed by atoms with E-state index in [0.29, 0.717) is 6.54 Å². The van der Waals surface area contributed by atoms with Crippen molar-refractivity contribution in [1.29, 1.82) is 0 Å². The highest BCUT2D eigenvalue weighted by Crippen LogP contribution is 2.17. The lowest BCUT2D eigenvalue weighted by atomic mass is 10.2. The molecule has 0 spiro atoms. The normalized spacial score (nSPS) is 11.0. The van der Waals surface area contributed by atoms with Gasteiger partial charge in [0, 0.05) is 18.6 Å². The van der Waals surface area contributed by atoms with Crippen molar-refractivity contribution >= 4 is 16.6 Å². The van der Waals surface area contributed by atoms with Crippen molar-refractivity contribution in [1.82, 2.24) is 14.3 Å². The SMILES string of the molecule is Cn1nc(Cn2cccc(N)c2=O)c2ccccc21. The van der Waals surface area contributed by atoms with Crippen LogP contribution in [0.15, 0.2) is 47.4 Å². The van der Waals surface area contributed by atoms with Crippen LogP contribution in [-0.4, -0.2) is 14.3 Å². The van der Waals surface area contributed by atoms with E-state index in [-0.39, 0.29) is 11.2 Å². The van der Waals surface area contributed by atoms with E-state index >= 15 is 0 Å². The fraction of sp³-hybridized carbons (Fsp3) is 0.143. The van der Waals surface area contributed by atoms with Crippen LogP contribution in [0.5, 0.6) is 0 Å². The average Bonchev–Trinajstić information content (AvgIpc) is 2.73. The second-order valence-electron chi connectivity index (χ2n) is 4.48. The lowest BCUT2D eigenvalue weighted by molar-refractivity contribution is 0.703. The number of hydrogen-bond acceptors (Lipinski definition) is 3. The van der Waals surface area contributed by atoms with E-state index < -0.39 is 0 Å². The van der Waals surface area contributed by atoms with Crippen molar-refractivity contribution in [3.63, 3.8) is 0 Å². The fourth-order valence-electron chi connectivity index (χ4n) is 2.25. The van der Waals surface area contributed by atoms with E-state index in [1.807, 2.05) is 36.0 Å². The maximum Gasteiger partial charge on any atom is 0.274 e. The Hall–Kier alpha value is -2.56. The Kier molecular flexibility index (Phi) is 2.59. The maximum atomic E-state index is 11.9. The van der Waals surface area contributed by atoms with Crippen molar-refractivity contribution in [2.45, 2.75) is 6.54 Å². The highest BCUT2D eigenvalue weighted by atomic mass is 16.1. The topological polar surface area (TPSA) is 65.8 Å². The molecule has 96 valence electrons. The molecule has 0 saturated carbocycles. The number of aromatic nitrogens is 3. The Morgan fingerprint density at radius 3 is 2.84 bits per heavy atom. The number of benzene rings is 1. The summed E-state index contributed by atoms with van der Waals surface area (Å²) < 4.78 is 3.39. The molecule has 0 aliphatic heterocycles. The predicted octanol–water partition coefficient (Wildman–Crippen LogP) is 1.37. The molecule has 0 atom stereocenters. The smallest absolute Gasteiger partial charge is 0.274 e. The summed E-state index contributed by atoms with van der Waals surface area (Å²) in [6.07, 6.45) is 1.72. The van der Waals surface area contributed by atoms with Gasteiger partial charge >= 0.3 is 0 Å². The molecule has 0 aliphatic rings. The second kappa shape index (κ2) is 4.28. The van der Waals surface area contributed by atoms with Crippen molar-refractivity contribution in [2.75, 3.05) is 5.73 Å². The second-order valence-corrected chi connectivity index (χ2v) is 4.48. The van der Waals surface area contributed by atoms with Gasteiger partial charge in [0.25, 0.3) is 5.56 Å². The minimum atomic E-state index is -0.183. The lowest BCUT2D eigenvalue weighted by Crippen LogP contribution is -2.22. The van der Waals surface area contributed by atoms with E-state index in [9.17, 15) is 4.79 Å². The number of para-hydroxylation sites is 1. The van der Waals surface area contributed by atoms with Crippen molar-refractivity contribution in [3.05, 3.63) is 58.6 Å². The van der Waals surface area contributed by atoms with E-state index in [0.717, 1.165) is 16.6 Å². The maximum absolute atomic E-state index is 11.9. The molecule has 0 fully saturated rings. The molecule has 0 aliphatic carbocycles. The highest BCUT2D eigenvalue weighted by molar-refractivity contribution is 5.81. The minimum absolute atomic E-state index is 0.183. The Labute approximate surface area is 109 Å². The van der Waals surface area contributed by atoms with Crippen LogP contribution in [0.4, 0.5) is 5.69 Å². The van der Waals surface area contributed by atoms with Gasteiger partial charge in [-0.25, -0.2) is 0 Å². The molecular weight excluding hydrogens is 240 g/mol. The molecule has 0 saturated heterocycles. The first kappa shape index (κ1) is 11.5. The summed E-state index contributed by atoms with van der Waals surface area (Å²) in [6.45, 7) is 0.422. The molecule has 5 nitrogen and oxygen atoms in total. The van der Waals surface area contributed by atoms with Crippen LogP contribution in [0.3, 0.4) is 0 Å². The molecule has 5 heteroatoms. The molecule has 1 aromatic carbocycles. The monoisotopic (exact) mass is 254 g/mol. The standard InChI is InChI=1S/C14H14N4O/c1-17-13-7-3-2-5-10(13)12(16-17)9-18-8-4-6-11(15)14(18)19/h2-8H,9,15H2,1H3. The Bertz CT molecular complexity index is 801. The van der Waals surface area contributed by atoms with Crippen molar-refractivity contribution in [3.8, 4) is 0 Å². The zero-order chi connectivity index (χ0) is 13.4. The van der Waals surface area contributed by atoms with Gasteiger partial charge in [-0.1, -0.05) is 18.2 Å². The summed E-state index contributed by atoms with van der Waals surface area (Å²) in [5, 5.41) is 5.53. The van der Waals surface area contributed by atoms with Gasteiger partial charge in [0.2, 0.25) is 0 Å². The average molecular weight is 254 g/mol. The minimum Gasteiger partial charge on any atom is -0.394 e. The third-order valence-corrected chi connectivity index (χ3v) is 3.20. The molecule has 2 aromatic heterocycles. The summed E-state index contributed by atoms with van der Waals surface area (Å²) in [7, 11) is 1.90. The molecule has 2 heterocycles. The van der Waals surface area contributed by atoms with Crippen molar-refractivity contribution < 1.29 is 0 Å². The van der Waals surface area contributed by atoms with Gasteiger partial charge in [0.15, 0.2) is 0 Å².